The molecule has 2 rings (SSSR count). The van der Waals surface area contributed by atoms with Crippen LogP contribution in [0.15, 0.2) is 36.4 Å². The summed E-state index contributed by atoms with van der Waals surface area (Å²) in [5.41, 5.74) is -0.258. The number of carbonyl (C=O) groups is 2. The number of benzene rings is 2. The fraction of sp³-hybridized carbons (Fsp3) is 0.222. The second kappa shape index (κ2) is 10.9. The van der Waals surface area contributed by atoms with Crippen LogP contribution < -0.4 is 14.2 Å². The first kappa shape index (κ1) is 26.6. The standard InChI is InChI=1S/C9H7F3O3.C8H5F3O3.CH4/c1-14-8-3-2-7(4-6(8)5-13)15-9(10,11)12;9-8(10,11)14-6-1-2-7(13)5(3-6)4-12;/h2-5H,1H3;1-4,13H;1H4. The molecule has 0 fully saturated rings. The van der Waals surface area contributed by atoms with Gasteiger partial charge in [0.05, 0.1) is 18.2 Å². The molecule has 0 saturated carbocycles. The summed E-state index contributed by atoms with van der Waals surface area (Å²) in [5.74, 6) is -1.20. The van der Waals surface area contributed by atoms with E-state index in [1.165, 1.54) is 13.2 Å². The molecule has 2 aromatic carbocycles. The summed E-state index contributed by atoms with van der Waals surface area (Å²) in [5, 5.41) is 8.97. The molecule has 0 spiro atoms. The summed E-state index contributed by atoms with van der Waals surface area (Å²) >= 11 is 0. The highest BCUT2D eigenvalue weighted by atomic mass is 19.4. The first-order valence-electron chi connectivity index (χ1n) is 7.31. The van der Waals surface area contributed by atoms with Crippen molar-refractivity contribution in [2.45, 2.75) is 20.2 Å². The molecule has 0 radical (unpaired) electrons. The molecule has 0 amide bonds. The number of aromatic hydroxyl groups is 1. The summed E-state index contributed by atoms with van der Waals surface area (Å²) in [4.78, 5) is 20.7. The van der Waals surface area contributed by atoms with E-state index in [4.69, 9.17) is 9.84 Å². The van der Waals surface area contributed by atoms with Crippen LogP contribution in [0.5, 0.6) is 23.0 Å². The van der Waals surface area contributed by atoms with Crippen LogP contribution in [0.4, 0.5) is 26.3 Å². The number of hydrogen-bond donors (Lipinski definition) is 1. The predicted molar refractivity (Wildman–Crippen MR) is 92.0 cm³/mol. The summed E-state index contributed by atoms with van der Waals surface area (Å²) in [6.45, 7) is 0. The number of rotatable bonds is 5. The Morgan fingerprint density at radius 1 is 0.800 bits per heavy atom. The Balaban J connectivity index is 0.000000544. The average molecular weight is 442 g/mol. The van der Waals surface area contributed by atoms with E-state index >= 15 is 0 Å². The van der Waals surface area contributed by atoms with Crippen molar-refractivity contribution < 1.29 is 55.2 Å². The Morgan fingerprint density at radius 3 is 1.63 bits per heavy atom. The minimum Gasteiger partial charge on any atom is -0.507 e. The molecule has 12 heteroatoms. The van der Waals surface area contributed by atoms with E-state index in [1.807, 2.05) is 0 Å². The van der Waals surface area contributed by atoms with Crippen LogP contribution in [-0.4, -0.2) is 37.5 Å². The molecular weight excluding hydrogens is 426 g/mol. The molecular formula is C18H16F6O6. The predicted octanol–water partition coefficient (Wildman–Crippen LogP) is 5.15. The Kier molecular flexibility index (Phi) is 9.68. The van der Waals surface area contributed by atoms with Gasteiger partial charge in [0, 0.05) is 0 Å². The fourth-order valence-corrected chi connectivity index (χ4v) is 1.83. The lowest BCUT2D eigenvalue weighted by molar-refractivity contribution is -0.275. The fourth-order valence-electron chi connectivity index (χ4n) is 1.83. The van der Waals surface area contributed by atoms with Crippen LogP contribution in [0.25, 0.3) is 0 Å². The van der Waals surface area contributed by atoms with Crippen molar-refractivity contribution in [1.29, 1.82) is 0 Å². The maximum atomic E-state index is 11.8. The maximum absolute atomic E-state index is 11.8. The molecule has 0 heterocycles. The Bertz CT molecular complexity index is 848. The number of hydrogen-bond acceptors (Lipinski definition) is 6. The molecule has 166 valence electrons. The molecule has 0 unspecified atom stereocenters. The normalized spacial score (nSPS) is 10.6. The Labute approximate surface area is 166 Å². The zero-order valence-electron chi connectivity index (χ0n) is 14.4. The number of aldehydes is 2. The quantitative estimate of drug-likeness (QED) is 0.510. The summed E-state index contributed by atoms with van der Waals surface area (Å²) < 4.78 is 82.5. The third kappa shape index (κ3) is 9.17. The number of alkyl halides is 6. The zero-order valence-corrected chi connectivity index (χ0v) is 14.4. The largest absolute Gasteiger partial charge is 0.573 e. The van der Waals surface area contributed by atoms with Crippen LogP contribution in [-0.2, 0) is 0 Å². The molecule has 0 aliphatic rings. The van der Waals surface area contributed by atoms with Gasteiger partial charge >= 0.3 is 12.7 Å². The maximum Gasteiger partial charge on any atom is 0.573 e. The molecule has 2 aromatic rings. The van der Waals surface area contributed by atoms with Crippen molar-refractivity contribution in [2.24, 2.45) is 0 Å². The van der Waals surface area contributed by atoms with Crippen LogP contribution >= 0.6 is 0 Å². The zero-order chi connectivity index (χ0) is 22.2. The Hall–Kier alpha value is -3.44. The van der Waals surface area contributed by atoms with E-state index in [2.05, 4.69) is 9.47 Å². The molecule has 0 aliphatic heterocycles. The molecule has 0 aliphatic carbocycles. The van der Waals surface area contributed by atoms with Crippen molar-refractivity contribution >= 4 is 12.6 Å². The van der Waals surface area contributed by atoms with Crippen molar-refractivity contribution in [3.63, 3.8) is 0 Å². The van der Waals surface area contributed by atoms with Gasteiger partial charge in [0.2, 0.25) is 0 Å². The molecule has 0 aromatic heterocycles. The lowest BCUT2D eigenvalue weighted by atomic mass is 10.2. The van der Waals surface area contributed by atoms with Gasteiger partial charge in [-0.3, -0.25) is 9.59 Å². The van der Waals surface area contributed by atoms with E-state index in [1.54, 1.807) is 0 Å². The highest BCUT2D eigenvalue weighted by Gasteiger charge is 2.32. The van der Waals surface area contributed by atoms with Crippen LogP contribution in [0.1, 0.15) is 28.1 Å². The van der Waals surface area contributed by atoms with Gasteiger partial charge in [-0.05, 0) is 36.4 Å². The minimum atomic E-state index is -4.81. The van der Waals surface area contributed by atoms with Gasteiger partial charge in [-0.25, -0.2) is 0 Å². The highest BCUT2D eigenvalue weighted by Crippen LogP contribution is 2.28. The van der Waals surface area contributed by atoms with E-state index in [-0.39, 0.29) is 30.6 Å². The minimum absolute atomic E-state index is 0. The lowest BCUT2D eigenvalue weighted by Gasteiger charge is -2.10. The third-order valence-corrected chi connectivity index (χ3v) is 2.92. The Morgan fingerprint density at radius 2 is 1.23 bits per heavy atom. The number of phenols is 1. The van der Waals surface area contributed by atoms with Crippen LogP contribution in [0.3, 0.4) is 0 Å². The van der Waals surface area contributed by atoms with Crippen molar-refractivity contribution in [3.05, 3.63) is 47.5 Å². The third-order valence-electron chi connectivity index (χ3n) is 2.92. The van der Waals surface area contributed by atoms with Gasteiger partial charge in [0.15, 0.2) is 12.6 Å². The van der Waals surface area contributed by atoms with Crippen molar-refractivity contribution in [3.8, 4) is 23.0 Å². The molecule has 0 bridgehead atoms. The van der Waals surface area contributed by atoms with Gasteiger partial charge < -0.3 is 19.3 Å². The average Bonchev–Trinajstić information content (AvgIpc) is 2.61. The van der Waals surface area contributed by atoms with E-state index < -0.39 is 30.0 Å². The number of halogens is 6. The van der Waals surface area contributed by atoms with Gasteiger partial charge in [0.25, 0.3) is 0 Å². The summed E-state index contributed by atoms with van der Waals surface area (Å²) in [6, 6.07) is 5.92. The van der Waals surface area contributed by atoms with Crippen molar-refractivity contribution in [1.82, 2.24) is 0 Å². The second-order valence-electron chi connectivity index (χ2n) is 4.96. The van der Waals surface area contributed by atoms with Crippen LogP contribution in [0.2, 0.25) is 0 Å². The first-order valence-corrected chi connectivity index (χ1v) is 7.31. The van der Waals surface area contributed by atoms with Gasteiger partial charge in [0.1, 0.15) is 23.0 Å². The van der Waals surface area contributed by atoms with E-state index in [0.717, 1.165) is 30.3 Å². The molecule has 6 nitrogen and oxygen atoms in total. The monoisotopic (exact) mass is 442 g/mol. The molecule has 30 heavy (non-hydrogen) atoms. The SMILES string of the molecule is C.COc1ccc(OC(F)(F)F)cc1C=O.O=Cc1cc(OC(F)(F)F)ccc1O. The van der Waals surface area contributed by atoms with E-state index in [9.17, 15) is 35.9 Å². The van der Waals surface area contributed by atoms with Crippen LogP contribution in [0, 0.1) is 0 Å². The number of carbonyl (C=O) groups excluding carboxylic acids is 2. The summed E-state index contributed by atoms with van der Waals surface area (Å²) in [6.07, 6.45) is -8.95. The van der Waals surface area contributed by atoms with Gasteiger partial charge in [-0.2, -0.15) is 0 Å². The first-order chi connectivity index (χ1) is 13.4. The number of ether oxygens (including phenoxy) is 3. The molecule has 1 N–H and O–H groups in total. The topological polar surface area (TPSA) is 82.1 Å². The molecule has 0 atom stereocenters. The number of methoxy groups -OCH3 is 1. The lowest BCUT2D eigenvalue weighted by Crippen LogP contribution is -2.17. The summed E-state index contributed by atoms with van der Waals surface area (Å²) in [7, 11) is 1.31. The van der Waals surface area contributed by atoms with Gasteiger partial charge in [-0.1, -0.05) is 7.43 Å². The molecule has 0 saturated heterocycles. The smallest absolute Gasteiger partial charge is 0.507 e. The van der Waals surface area contributed by atoms with Gasteiger partial charge in [-0.15, -0.1) is 26.3 Å². The highest BCUT2D eigenvalue weighted by molar-refractivity contribution is 5.80. The second-order valence-corrected chi connectivity index (χ2v) is 4.96. The van der Waals surface area contributed by atoms with E-state index in [0.29, 0.717) is 6.29 Å². The number of phenolic OH excluding ortho intramolecular Hbond substituents is 1. The van der Waals surface area contributed by atoms with Crippen molar-refractivity contribution in [2.75, 3.05) is 7.11 Å².